The predicted octanol–water partition coefficient (Wildman–Crippen LogP) is 3.07. The van der Waals surface area contributed by atoms with Crippen LogP contribution >= 0.6 is 0 Å². The van der Waals surface area contributed by atoms with E-state index in [1.54, 1.807) is 0 Å². The van der Waals surface area contributed by atoms with Crippen molar-refractivity contribution >= 4 is 5.82 Å². The van der Waals surface area contributed by atoms with Gasteiger partial charge in [0.25, 0.3) is 0 Å². The summed E-state index contributed by atoms with van der Waals surface area (Å²) in [5.74, 6) is 2.88. The highest BCUT2D eigenvalue weighted by Gasteiger charge is 2.24. The van der Waals surface area contributed by atoms with Gasteiger partial charge < -0.3 is 9.84 Å². The minimum atomic E-state index is 0.610. The van der Waals surface area contributed by atoms with E-state index in [2.05, 4.69) is 25.3 Å². The third-order valence-electron chi connectivity index (χ3n) is 4.47. The summed E-state index contributed by atoms with van der Waals surface area (Å²) in [6.45, 7) is 3.73. The van der Waals surface area contributed by atoms with Crippen molar-refractivity contribution in [3.63, 3.8) is 0 Å². The molecular weight excluding hydrogens is 314 g/mol. The van der Waals surface area contributed by atoms with Gasteiger partial charge in [0.1, 0.15) is 5.82 Å². The molecule has 1 aliphatic rings. The maximum Gasteiger partial charge on any atom is 0.241 e. The van der Waals surface area contributed by atoms with Crippen LogP contribution in [0.5, 0.6) is 0 Å². The van der Waals surface area contributed by atoms with E-state index in [4.69, 9.17) is 4.52 Å². The molecule has 4 rings (SSSR count). The Morgan fingerprint density at radius 3 is 2.84 bits per heavy atom. The third-order valence-corrected chi connectivity index (χ3v) is 4.47. The van der Waals surface area contributed by atoms with Crippen LogP contribution in [0.1, 0.15) is 12.3 Å². The monoisotopic (exact) mass is 335 g/mol. The normalized spacial score (nSPS) is 17.7. The van der Waals surface area contributed by atoms with Crippen molar-refractivity contribution < 1.29 is 4.52 Å². The van der Waals surface area contributed by atoms with Crippen molar-refractivity contribution in [2.24, 2.45) is 5.92 Å². The second-order valence-corrected chi connectivity index (χ2v) is 6.36. The number of nitrogens with zero attached hydrogens (tertiary/aromatic N) is 4. The van der Waals surface area contributed by atoms with E-state index in [9.17, 15) is 0 Å². The first-order valence-corrected chi connectivity index (χ1v) is 8.62. The van der Waals surface area contributed by atoms with Crippen LogP contribution < -0.4 is 5.32 Å². The van der Waals surface area contributed by atoms with Crippen LogP contribution in [0, 0.1) is 5.92 Å². The molecule has 0 aliphatic carbocycles. The number of hydrogen-bond donors (Lipinski definition) is 1. The van der Waals surface area contributed by atoms with Gasteiger partial charge in [0.15, 0.2) is 0 Å². The second kappa shape index (κ2) is 7.44. The van der Waals surface area contributed by atoms with Gasteiger partial charge in [-0.05, 0) is 31.0 Å². The Balaban J connectivity index is 1.29. The molecule has 0 radical (unpaired) electrons. The number of nitrogens with one attached hydrogen (secondary N) is 1. The molecule has 0 unspecified atom stereocenters. The minimum Gasteiger partial charge on any atom is -0.370 e. The average Bonchev–Trinajstić information content (AvgIpc) is 3.32. The van der Waals surface area contributed by atoms with Crippen LogP contribution in [0.3, 0.4) is 0 Å². The molecule has 6 nitrogen and oxygen atoms in total. The molecule has 1 aliphatic heterocycles. The smallest absolute Gasteiger partial charge is 0.241 e. The summed E-state index contributed by atoms with van der Waals surface area (Å²) in [6, 6.07) is 15.8. The Bertz CT molecular complexity index is 790. The van der Waals surface area contributed by atoms with E-state index in [0.29, 0.717) is 24.2 Å². The highest BCUT2D eigenvalue weighted by molar-refractivity contribution is 5.53. The fraction of sp³-hybridized carbons (Fsp3) is 0.316. The molecule has 0 bridgehead atoms. The topological polar surface area (TPSA) is 67.1 Å². The van der Waals surface area contributed by atoms with E-state index in [-0.39, 0.29) is 0 Å². The van der Waals surface area contributed by atoms with Gasteiger partial charge in [-0.2, -0.15) is 4.98 Å². The fourth-order valence-electron chi connectivity index (χ4n) is 3.15. The van der Waals surface area contributed by atoms with Gasteiger partial charge in [0, 0.05) is 24.8 Å². The summed E-state index contributed by atoms with van der Waals surface area (Å²) in [5, 5.41) is 7.50. The van der Waals surface area contributed by atoms with Crippen LogP contribution in [0.25, 0.3) is 11.4 Å². The first-order valence-electron chi connectivity index (χ1n) is 8.62. The number of rotatable bonds is 6. The molecule has 25 heavy (non-hydrogen) atoms. The first kappa shape index (κ1) is 15.8. The van der Waals surface area contributed by atoms with E-state index >= 15 is 0 Å². The molecule has 1 atom stereocenters. The highest BCUT2D eigenvalue weighted by Crippen LogP contribution is 2.20. The molecule has 128 valence electrons. The molecule has 1 N–H and O–H groups in total. The fourth-order valence-corrected chi connectivity index (χ4v) is 3.15. The van der Waals surface area contributed by atoms with Crippen LogP contribution in [-0.4, -0.2) is 39.7 Å². The molecule has 0 spiro atoms. The number of anilines is 1. The van der Waals surface area contributed by atoms with Gasteiger partial charge in [0.05, 0.1) is 6.54 Å². The van der Waals surface area contributed by atoms with Gasteiger partial charge in [-0.25, -0.2) is 4.98 Å². The zero-order valence-corrected chi connectivity index (χ0v) is 14.0. The molecule has 1 fully saturated rings. The minimum absolute atomic E-state index is 0.610. The number of pyridine rings is 1. The summed E-state index contributed by atoms with van der Waals surface area (Å²) in [4.78, 5) is 11.2. The Morgan fingerprint density at radius 1 is 1.12 bits per heavy atom. The lowest BCUT2D eigenvalue weighted by Gasteiger charge is -2.14. The number of likely N-dealkylation sites (tertiary alicyclic amines) is 1. The number of hydrogen-bond acceptors (Lipinski definition) is 6. The van der Waals surface area contributed by atoms with Gasteiger partial charge >= 0.3 is 0 Å². The predicted molar refractivity (Wildman–Crippen MR) is 95.8 cm³/mol. The van der Waals surface area contributed by atoms with Gasteiger partial charge in [-0.3, -0.25) is 4.90 Å². The maximum atomic E-state index is 5.42. The number of benzene rings is 1. The van der Waals surface area contributed by atoms with Crippen molar-refractivity contribution in [1.29, 1.82) is 0 Å². The van der Waals surface area contributed by atoms with Gasteiger partial charge in [0.2, 0.25) is 11.7 Å². The quantitative estimate of drug-likeness (QED) is 0.747. The van der Waals surface area contributed by atoms with E-state index in [1.165, 1.54) is 6.42 Å². The molecule has 1 aromatic carbocycles. The SMILES string of the molecule is c1ccc(-c2noc(CN3CC[C@@H](CNc4ccccn4)C3)n2)cc1. The molecule has 3 aromatic rings. The van der Waals surface area contributed by atoms with E-state index in [1.807, 2.05) is 54.7 Å². The lowest BCUT2D eigenvalue weighted by Crippen LogP contribution is -2.23. The molecule has 2 aromatic heterocycles. The van der Waals surface area contributed by atoms with Crippen LogP contribution in [-0.2, 0) is 6.54 Å². The summed E-state index contributed by atoms with van der Waals surface area (Å²) < 4.78 is 5.42. The van der Waals surface area contributed by atoms with Crippen LogP contribution in [0.2, 0.25) is 0 Å². The Kier molecular flexibility index (Phi) is 4.70. The van der Waals surface area contributed by atoms with Crippen molar-refractivity contribution in [3.05, 3.63) is 60.6 Å². The van der Waals surface area contributed by atoms with Crippen molar-refractivity contribution in [1.82, 2.24) is 20.0 Å². The zero-order chi connectivity index (χ0) is 16.9. The molecule has 0 amide bonds. The first-order chi connectivity index (χ1) is 12.4. The van der Waals surface area contributed by atoms with E-state index in [0.717, 1.165) is 31.0 Å². The highest BCUT2D eigenvalue weighted by atomic mass is 16.5. The van der Waals surface area contributed by atoms with E-state index < -0.39 is 0 Å². The Morgan fingerprint density at radius 2 is 2.00 bits per heavy atom. The largest absolute Gasteiger partial charge is 0.370 e. The lowest BCUT2D eigenvalue weighted by atomic mass is 10.1. The zero-order valence-electron chi connectivity index (χ0n) is 14.0. The third kappa shape index (κ3) is 4.03. The Labute approximate surface area is 146 Å². The standard InChI is InChI=1S/C19H21N5O/c1-2-6-16(7-3-1)19-22-18(25-23-19)14-24-11-9-15(13-24)12-21-17-8-4-5-10-20-17/h1-8,10,15H,9,11-14H2,(H,20,21)/t15-/m0/s1. The Hall–Kier alpha value is -2.73. The van der Waals surface area contributed by atoms with Crippen molar-refractivity contribution in [3.8, 4) is 11.4 Å². The average molecular weight is 335 g/mol. The molecular formula is C19H21N5O. The van der Waals surface area contributed by atoms with Crippen molar-refractivity contribution in [2.45, 2.75) is 13.0 Å². The second-order valence-electron chi connectivity index (χ2n) is 6.36. The molecule has 3 heterocycles. The van der Waals surface area contributed by atoms with Gasteiger partial charge in [-0.15, -0.1) is 0 Å². The van der Waals surface area contributed by atoms with Crippen molar-refractivity contribution in [2.75, 3.05) is 25.0 Å². The molecule has 1 saturated heterocycles. The molecule has 6 heteroatoms. The summed E-state index contributed by atoms with van der Waals surface area (Å²) in [7, 11) is 0. The number of aromatic nitrogens is 3. The summed E-state index contributed by atoms with van der Waals surface area (Å²) in [5.41, 5.74) is 0.983. The molecule has 0 saturated carbocycles. The van der Waals surface area contributed by atoms with Crippen LogP contribution in [0.4, 0.5) is 5.82 Å². The lowest BCUT2D eigenvalue weighted by molar-refractivity contribution is 0.261. The van der Waals surface area contributed by atoms with Gasteiger partial charge in [-0.1, -0.05) is 41.6 Å². The summed E-state index contributed by atoms with van der Waals surface area (Å²) in [6.07, 6.45) is 2.97. The van der Waals surface area contributed by atoms with Crippen LogP contribution in [0.15, 0.2) is 59.3 Å². The maximum absolute atomic E-state index is 5.42. The summed E-state index contributed by atoms with van der Waals surface area (Å²) >= 11 is 0.